The molecule has 0 fully saturated rings. The summed E-state index contributed by atoms with van der Waals surface area (Å²) in [6, 6.07) is 0. The zero-order valence-corrected chi connectivity index (χ0v) is 8.86. The van der Waals surface area contributed by atoms with Gasteiger partial charge in [0.1, 0.15) is 5.82 Å². The van der Waals surface area contributed by atoms with Crippen LogP contribution in [-0.2, 0) is 22.5 Å². The van der Waals surface area contributed by atoms with Crippen LogP contribution in [0.25, 0.3) is 0 Å². The molecule has 1 aromatic rings. The highest BCUT2D eigenvalue weighted by Gasteiger charge is 2.15. The van der Waals surface area contributed by atoms with Crippen LogP contribution in [0, 0.1) is 5.92 Å². The predicted octanol–water partition coefficient (Wildman–Crippen LogP) is 1.25. The Labute approximate surface area is 83.9 Å². The summed E-state index contributed by atoms with van der Waals surface area (Å²) in [6.07, 6.45) is 4.30. The molecule has 0 N–H and O–H groups in total. The van der Waals surface area contributed by atoms with E-state index < -0.39 is 0 Å². The van der Waals surface area contributed by atoms with Gasteiger partial charge in [-0.15, -0.1) is 0 Å². The summed E-state index contributed by atoms with van der Waals surface area (Å²) >= 11 is 0. The maximum Gasteiger partial charge on any atom is 0.308 e. The highest BCUT2D eigenvalue weighted by atomic mass is 16.5. The first-order valence-electron chi connectivity index (χ1n) is 4.76. The molecule has 0 aliphatic carbocycles. The van der Waals surface area contributed by atoms with E-state index >= 15 is 0 Å². The fraction of sp³-hybridized carbons (Fsp3) is 0.600. The van der Waals surface area contributed by atoms with E-state index in [2.05, 4.69) is 9.72 Å². The standard InChI is InChI=1S/C10H16N2O2/c1-4-12-6-5-11-9(12)7-8(2)10(13)14-3/h5-6,8H,4,7H2,1-3H3. The van der Waals surface area contributed by atoms with Gasteiger partial charge in [0.2, 0.25) is 0 Å². The number of carbonyl (C=O) groups is 1. The van der Waals surface area contributed by atoms with Crippen molar-refractivity contribution in [2.24, 2.45) is 5.92 Å². The van der Waals surface area contributed by atoms with Crippen molar-refractivity contribution in [1.82, 2.24) is 9.55 Å². The molecular weight excluding hydrogens is 180 g/mol. The van der Waals surface area contributed by atoms with Crippen molar-refractivity contribution in [1.29, 1.82) is 0 Å². The average molecular weight is 196 g/mol. The van der Waals surface area contributed by atoms with Crippen LogP contribution >= 0.6 is 0 Å². The van der Waals surface area contributed by atoms with Gasteiger partial charge in [0.15, 0.2) is 0 Å². The van der Waals surface area contributed by atoms with Crippen LogP contribution in [0.1, 0.15) is 19.7 Å². The van der Waals surface area contributed by atoms with Crippen molar-refractivity contribution in [2.75, 3.05) is 7.11 Å². The normalized spacial score (nSPS) is 12.5. The topological polar surface area (TPSA) is 44.1 Å². The Morgan fingerprint density at radius 3 is 3.00 bits per heavy atom. The number of hydrogen-bond acceptors (Lipinski definition) is 3. The first-order chi connectivity index (χ1) is 6.69. The molecule has 0 saturated heterocycles. The van der Waals surface area contributed by atoms with Gasteiger partial charge in [-0.05, 0) is 6.92 Å². The summed E-state index contributed by atoms with van der Waals surface area (Å²) in [4.78, 5) is 15.4. The van der Waals surface area contributed by atoms with Crippen LogP contribution in [0.3, 0.4) is 0 Å². The summed E-state index contributed by atoms with van der Waals surface area (Å²) in [6.45, 7) is 4.78. The van der Waals surface area contributed by atoms with Gasteiger partial charge in [-0.3, -0.25) is 4.79 Å². The third kappa shape index (κ3) is 2.34. The third-order valence-corrected chi connectivity index (χ3v) is 2.23. The number of rotatable bonds is 4. The Morgan fingerprint density at radius 2 is 2.43 bits per heavy atom. The molecule has 0 radical (unpaired) electrons. The van der Waals surface area contributed by atoms with E-state index in [4.69, 9.17) is 0 Å². The molecule has 0 saturated carbocycles. The zero-order valence-electron chi connectivity index (χ0n) is 8.86. The molecule has 0 amide bonds. The number of methoxy groups -OCH3 is 1. The van der Waals surface area contributed by atoms with E-state index in [1.54, 1.807) is 6.20 Å². The molecule has 14 heavy (non-hydrogen) atoms. The summed E-state index contributed by atoms with van der Waals surface area (Å²) in [5.41, 5.74) is 0. The van der Waals surface area contributed by atoms with E-state index in [1.165, 1.54) is 7.11 Å². The van der Waals surface area contributed by atoms with Crippen molar-refractivity contribution in [3.63, 3.8) is 0 Å². The number of aromatic nitrogens is 2. The Morgan fingerprint density at radius 1 is 1.71 bits per heavy atom. The minimum absolute atomic E-state index is 0.132. The quantitative estimate of drug-likeness (QED) is 0.681. The van der Waals surface area contributed by atoms with Gasteiger partial charge < -0.3 is 9.30 Å². The molecule has 1 atom stereocenters. The summed E-state index contributed by atoms with van der Waals surface area (Å²) < 4.78 is 6.69. The lowest BCUT2D eigenvalue weighted by atomic mass is 10.1. The molecular formula is C10H16N2O2. The molecule has 4 heteroatoms. The second kappa shape index (κ2) is 4.79. The second-order valence-electron chi connectivity index (χ2n) is 3.26. The highest BCUT2D eigenvalue weighted by molar-refractivity contribution is 5.72. The number of carbonyl (C=O) groups excluding carboxylic acids is 1. The van der Waals surface area contributed by atoms with Gasteiger partial charge in [0, 0.05) is 25.4 Å². The molecule has 0 aliphatic rings. The van der Waals surface area contributed by atoms with E-state index in [1.807, 2.05) is 24.6 Å². The Kier molecular flexibility index (Phi) is 3.68. The lowest BCUT2D eigenvalue weighted by Crippen LogP contribution is -2.17. The fourth-order valence-electron chi connectivity index (χ4n) is 1.38. The molecule has 1 heterocycles. The SMILES string of the molecule is CCn1ccnc1CC(C)C(=O)OC. The van der Waals surface area contributed by atoms with Crippen molar-refractivity contribution < 1.29 is 9.53 Å². The largest absolute Gasteiger partial charge is 0.469 e. The van der Waals surface area contributed by atoms with Gasteiger partial charge in [0.05, 0.1) is 13.0 Å². The number of nitrogens with zero attached hydrogens (tertiary/aromatic N) is 2. The fourth-order valence-corrected chi connectivity index (χ4v) is 1.38. The molecule has 4 nitrogen and oxygen atoms in total. The predicted molar refractivity (Wildman–Crippen MR) is 52.8 cm³/mol. The van der Waals surface area contributed by atoms with Gasteiger partial charge in [-0.25, -0.2) is 4.98 Å². The summed E-state index contributed by atoms with van der Waals surface area (Å²) in [5, 5.41) is 0. The zero-order chi connectivity index (χ0) is 10.6. The summed E-state index contributed by atoms with van der Waals surface area (Å²) in [5.74, 6) is 0.619. The number of hydrogen-bond donors (Lipinski definition) is 0. The second-order valence-corrected chi connectivity index (χ2v) is 3.26. The van der Waals surface area contributed by atoms with Crippen LogP contribution in [0.2, 0.25) is 0 Å². The van der Waals surface area contributed by atoms with Crippen molar-refractivity contribution in [2.45, 2.75) is 26.8 Å². The van der Waals surface area contributed by atoms with Gasteiger partial charge in [0.25, 0.3) is 0 Å². The molecule has 1 rings (SSSR count). The van der Waals surface area contributed by atoms with Crippen LogP contribution in [0.4, 0.5) is 0 Å². The van der Waals surface area contributed by atoms with Crippen LogP contribution < -0.4 is 0 Å². The van der Waals surface area contributed by atoms with Crippen LogP contribution in [0.5, 0.6) is 0 Å². The number of aryl methyl sites for hydroxylation is 1. The maximum atomic E-state index is 11.2. The Balaban J connectivity index is 2.64. The summed E-state index contributed by atoms with van der Waals surface area (Å²) in [7, 11) is 1.41. The minimum atomic E-state index is -0.185. The molecule has 1 aromatic heterocycles. The minimum Gasteiger partial charge on any atom is -0.469 e. The van der Waals surface area contributed by atoms with E-state index in [-0.39, 0.29) is 11.9 Å². The molecule has 1 unspecified atom stereocenters. The van der Waals surface area contributed by atoms with Gasteiger partial charge >= 0.3 is 5.97 Å². The molecule has 0 bridgehead atoms. The van der Waals surface area contributed by atoms with E-state index in [9.17, 15) is 4.79 Å². The van der Waals surface area contributed by atoms with Crippen molar-refractivity contribution in [3.05, 3.63) is 18.2 Å². The molecule has 78 valence electrons. The molecule has 0 aromatic carbocycles. The van der Waals surface area contributed by atoms with E-state index in [0.717, 1.165) is 12.4 Å². The Bertz CT molecular complexity index is 307. The highest BCUT2D eigenvalue weighted by Crippen LogP contribution is 2.08. The number of ether oxygens (including phenoxy) is 1. The lowest BCUT2D eigenvalue weighted by molar-refractivity contribution is -0.144. The number of imidazole rings is 1. The monoisotopic (exact) mass is 196 g/mol. The first kappa shape index (κ1) is 10.8. The van der Waals surface area contributed by atoms with Crippen LogP contribution in [-0.4, -0.2) is 22.6 Å². The number of esters is 1. The maximum absolute atomic E-state index is 11.2. The van der Waals surface area contributed by atoms with Crippen molar-refractivity contribution in [3.8, 4) is 0 Å². The molecule has 0 aliphatic heterocycles. The van der Waals surface area contributed by atoms with Crippen LogP contribution in [0.15, 0.2) is 12.4 Å². The van der Waals surface area contributed by atoms with Gasteiger partial charge in [-0.2, -0.15) is 0 Å². The Hall–Kier alpha value is -1.32. The average Bonchev–Trinajstić information content (AvgIpc) is 2.63. The van der Waals surface area contributed by atoms with Crippen molar-refractivity contribution >= 4 is 5.97 Å². The first-order valence-corrected chi connectivity index (χ1v) is 4.76. The van der Waals surface area contributed by atoms with Gasteiger partial charge in [-0.1, -0.05) is 6.92 Å². The molecule has 0 spiro atoms. The third-order valence-electron chi connectivity index (χ3n) is 2.23. The lowest BCUT2D eigenvalue weighted by Gasteiger charge is -2.09. The van der Waals surface area contributed by atoms with E-state index in [0.29, 0.717) is 6.42 Å². The smallest absolute Gasteiger partial charge is 0.308 e.